The SMILES string of the molecule is Cc1ncncc1C(=O)N[C@H]1CCc2ccc(S(=O)(=O)N3CCOCC3)cc21. The fraction of sp³-hybridized carbons (Fsp3) is 0.421. The second kappa shape index (κ2) is 7.57. The van der Waals surface area contributed by atoms with Gasteiger partial charge in [0.15, 0.2) is 0 Å². The van der Waals surface area contributed by atoms with E-state index in [-0.39, 0.29) is 16.8 Å². The van der Waals surface area contributed by atoms with Gasteiger partial charge in [0.2, 0.25) is 10.0 Å². The lowest BCUT2D eigenvalue weighted by atomic mass is 10.1. The van der Waals surface area contributed by atoms with Crippen LogP contribution in [-0.4, -0.2) is 54.9 Å². The van der Waals surface area contributed by atoms with Crippen molar-refractivity contribution in [3.63, 3.8) is 0 Å². The van der Waals surface area contributed by atoms with E-state index < -0.39 is 10.0 Å². The van der Waals surface area contributed by atoms with E-state index in [1.54, 1.807) is 19.1 Å². The summed E-state index contributed by atoms with van der Waals surface area (Å²) < 4.78 is 32.6. The number of morpholine rings is 1. The van der Waals surface area contributed by atoms with E-state index in [0.29, 0.717) is 37.6 Å². The number of hydrogen-bond donors (Lipinski definition) is 1. The zero-order valence-electron chi connectivity index (χ0n) is 15.6. The van der Waals surface area contributed by atoms with E-state index in [9.17, 15) is 13.2 Å². The summed E-state index contributed by atoms with van der Waals surface area (Å²) in [6, 6.07) is 4.98. The highest BCUT2D eigenvalue weighted by atomic mass is 32.2. The van der Waals surface area contributed by atoms with E-state index >= 15 is 0 Å². The largest absolute Gasteiger partial charge is 0.379 e. The summed E-state index contributed by atoms with van der Waals surface area (Å²) in [5.74, 6) is -0.252. The second-order valence-corrected chi connectivity index (χ2v) is 8.90. The van der Waals surface area contributed by atoms with Crippen molar-refractivity contribution in [1.82, 2.24) is 19.6 Å². The number of nitrogens with zero attached hydrogens (tertiary/aromatic N) is 3. The molecule has 1 aliphatic heterocycles. The lowest BCUT2D eigenvalue weighted by Crippen LogP contribution is -2.40. The number of aryl methyl sites for hydroxylation is 2. The van der Waals surface area contributed by atoms with Crippen molar-refractivity contribution in [2.24, 2.45) is 0 Å². The summed E-state index contributed by atoms with van der Waals surface area (Å²) >= 11 is 0. The molecule has 28 heavy (non-hydrogen) atoms. The molecule has 8 nitrogen and oxygen atoms in total. The van der Waals surface area contributed by atoms with Gasteiger partial charge in [-0.15, -0.1) is 0 Å². The van der Waals surface area contributed by atoms with Gasteiger partial charge in [-0.1, -0.05) is 6.07 Å². The van der Waals surface area contributed by atoms with Gasteiger partial charge in [0.1, 0.15) is 6.33 Å². The number of sulfonamides is 1. The highest BCUT2D eigenvalue weighted by molar-refractivity contribution is 7.89. The normalized spacial score (nSPS) is 20.0. The molecule has 1 atom stereocenters. The Balaban J connectivity index is 1.58. The fourth-order valence-electron chi connectivity index (χ4n) is 3.68. The van der Waals surface area contributed by atoms with Gasteiger partial charge in [-0.25, -0.2) is 18.4 Å². The molecule has 2 aliphatic rings. The molecular weight excluding hydrogens is 380 g/mol. The molecule has 1 aromatic carbocycles. The van der Waals surface area contributed by atoms with Crippen LogP contribution >= 0.6 is 0 Å². The molecular formula is C19H22N4O4S. The number of rotatable bonds is 4. The van der Waals surface area contributed by atoms with Crippen LogP contribution in [0.5, 0.6) is 0 Å². The Labute approximate surface area is 164 Å². The van der Waals surface area contributed by atoms with Crippen molar-refractivity contribution in [3.05, 3.63) is 53.1 Å². The first-order chi connectivity index (χ1) is 13.5. The first-order valence-electron chi connectivity index (χ1n) is 9.25. The summed E-state index contributed by atoms with van der Waals surface area (Å²) in [6.07, 6.45) is 4.42. The van der Waals surface area contributed by atoms with Gasteiger partial charge in [-0.3, -0.25) is 4.79 Å². The van der Waals surface area contributed by atoms with Crippen LogP contribution in [0, 0.1) is 6.92 Å². The molecule has 0 spiro atoms. The van der Waals surface area contributed by atoms with E-state index in [2.05, 4.69) is 15.3 Å². The molecule has 2 heterocycles. The monoisotopic (exact) mass is 402 g/mol. The molecule has 1 saturated heterocycles. The van der Waals surface area contributed by atoms with Crippen LogP contribution in [0.4, 0.5) is 0 Å². The molecule has 0 unspecified atom stereocenters. The number of carbonyl (C=O) groups is 1. The molecule has 1 aromatic heterocycles. The Morgan fingerprint density at radius 1 is 1.29 bits per heavy atom. The maximum absolute atomic E-state index is 12.9. The van der Waals surface area contributed by atoms with E-state index in [0.717, 1.165) is 24.0 Å². The molecule has 1 amide bonds. The summed E-state index contributed by atoms with van der Waals surface area (Å²) in [7, 11) is -3.57. The molecule has 1 aliphatic carbocycles. The van der Waals surface area contributed by atoms with E-state index in [1.807, 2.05) is 6.07 Å². The third-order valence-electron chi connectivity index (χ3n) is 5.26. The average Bonchev–Trinajstić information content (AvgIpc) is 3.11. The molecule has 9 heteroatoms. The Bertz CT molecular complexity index is 1000. The minimum Gasteiger partial charge on any atom is -0.379 e. The predicted molar refractivity (Wildman–Crippen MR) is 101 cm³/mol. The topological polar surface area (TPSA) is 101 Å². The Hall–Kier alpha value is -2.36. The quantitative estimate of drug-likeness (QED) is 0.825. The Morgan fingerprint density at radius 3 is 2.82 bits per heavy atom. The van der Waals surface area contributed by atoms with Gasteiger partial charge in [-0.2, -0.15) is 4.31 Å². The first-order valence-corrected chi connectivity index (χ1v) is 10.7. The lowest BCUT2D eigenvalue weighted by molar-refractivity contribution is 0.0730. The predicted octanol–water partition coefficient (Wildman–Crippen LogP) is 1.22. The molecule has 0 saturated carbocycles. The van der Waals surface area contributed by atoms with Crippen molar-refractivity contribution in [2.75, 3.05) is 26.3 Å². The lowest BCUT2D eigenvalue weighted by Gasteiger charge is -2.26. The number of carbonyl (C=O) groups excluding carboxylic acids is 1. The smallest absolute Gasteiger partial charge is 0.255 e. The van der Waals surface area contributed by atoms with Crippen molar-refractivity contribution in [2.45, 2.75) is 30.7 Å². The summed E-state index contributed by atoms with van der Waals surface area (Å²) in [6.45, 7) is 3.27. The van der Waals surface area contributed by atoms with Crippen LogP contribution in [0.25, 0.3) is 0 Å². The van der Waals surface area contributed by atoms with Crippen LogP contribution in [0.3, 0.4) is 0 Å². The number of hydrogen-bond acceptors (Lipinski definition) is 6. The van der Waals surface area contributed by atoms with Crippen molar-refractivity contribution >= 4 is 15.9 Å². The summed E-state index contributed by atoms with van der Waals surface area (Å²) in [4.78, 5) is 20.9. The first kappa shape index (κ1) is 19.0. The number of benzene rings is 1. The van der Waals surface area contributed by atoms with Crippen molar-refractivity contribution in [3.8, 4) is 0 Å². The van der Waals surface area contributed by atoms with Gasteiger partial charge < -0.3 is 10.1 Å². The number of aromatic nitrogens is 2. The van der Waals surface area contributed by atoms with Crippen LogP contribution in [0.2, 0.25) is 0 Å². The molecule has 4 rings (SSSR count). The summed E-state index contributed by atoms with van der Waals surface area (Å²) in [5.41, 5.74) is 2.95. The third-order valence-corrected chi connectivity index (χ3v) is 7.16. The fourth-order valence-corrected chi connectivity index (χ4v) is 5.12. The zero-order valence-corrected chi connectivity index (χ0v) is 16.4. The van der Waals surface area contributed by atoms with Crippen LogP contribution in [0.1, 0.15) is 39.6 Å². The summed E-state index contributed by atoms with van der Waals surface area (Å²) in [5, 5.41) is 3.00. The highest BCUT2D eigenvalue weighted by Crippen LogP contribution is 2.34. The van der Waals surface area contributed by atoms with Crippen molar-refractivity contribution in [1.29, 1.82) is 0 Å². The zero-order chi connectivity index (χ0) is 19.7. The number of ether oxygens (including phenoxy) is 1. The maximum atomic E-state index is 12.9. The van der Waals surface area contributed by atoms with Gasteiger partial charge in [-0.05, 0) is 43.0 Å². The van der Waals surface area contributed by atoms with Crippen LogP contribution < -0.4 is 5.32 Å². The molecule has 1 fully saturated rings. The molecule has 1 N–H and O–H groups in total. The second-order valence-electron chi connectivity index (χ2n) is 6.96. The number of amides is 1. The molecule has 2 aromatic rings. The van der Waals surface area contributed by atoms with Gasteiger partial charge in [0.25, 0.3) is 5.91 Å². The number of nitrogens with one attached hydrogen (secondary N) is 1. The maximum Gasteiger partial charge on any atom is 0.255 e. The van der Waals surface area contributed by atoms with E-state index in [4.69, 9.17) is 4.74 Å². The minimum absolute atomic E-state index is 0.234. The number of fused-ring (bicyclic) bond motifs is 1. The van der Waals surface area contributed by atoms with Crippen LogP contribution in [0.15, 0.2) is 35.6 Å². The average molecular weight is 402 g/mol. The Morgan fingerprint density at radius 2 is 2.07 bits per heavy atom. The van der Waals surface area contributed by atoms with Crippen LogP contribution in [-0.2, 0) is 21.2 Å². The van der Waals surface area contributed by atoms with E-state index in [1.165, 1.54) is 16.8 Å². The van der Waals surface area contributed by atoms with Gasteiger partial charge in [0, 0.05) is 19.3 Å². The molecule has 0 radical (unpaired) electrons. The Kier molecular flexibility index (Phi) is 5.13. The van der Waals surface area contributed by atoms with Crippen molar-refractivity contribution < 1.29 is 17.9 Å². The third kappa shape index (κ3) is 3.52. The minimum atomic E-state index is -3.57. The molecule has 0 bridgehead atoms. The van der Waals surface area contributed by atoms with Gasteiger partial charge in [0.05, 0.1) is 35.4 Å². The standard InChI is InChI=1S/C19H22N4O4S/c1-13-17(11-20-12-21-13)19(24)22-18-5-3-14-2-4-15(10-16(14)18)28(25,26)23-6-8-27-9-7-23/h2,4,10-12,18H,3,5-9H2,1H3,(H,22,24)/t18-/m0/s1. The van der Waals surface area contributed by atoms with Gasteiger partial charge >= 0.3 is 0 Å². The highest BCUT2D eigenvalue weighted by Gasteiger charge is 2.30. The molecule has 148 valence electrons.